The molecule has 2 nitrogen and oxygen atoms in total. The Bertz CT molecular complexity index is 188. The predicted octanol–water partition coefficient (Wildman–Crippen LogP) is 0.840. The number of hydrogen-bond acceptors (Lipinski definition) is 2. The van der Waals surface area contributed by atoms with Crippen LogP contribution in [-0.4, -0.2) is 17.5 Å². The molecule has 4 atom stereocenters. The van der Waals surface area contributed by atoms with Crippen LogP contribution in [0.5, 0.6) is 0 Å². The van der Waals surface area contributed by atoms with Gasteiger partial charge in [-0.1, -0.05) is 6.92 Å². The first-order valence-corrected chi connectivity index (χ1v) is 4.38. The fraction of sp³-hybridized carbons (Fsp3) is 0.889. The van der Waals surface area contributed by atoms with E-state index in [0.29, 0.717) is 11.7 Å². The second kappa shape index (κ2) is 2.31. The largest absolute Gasteiger partial charge is 0.396 e. The first-order valence-electron chi connectivity index (χ1n) is 4.38. The minimum absolute atomic E-state index is 0.0104. The van der Waals surface area contributed by atoms with Crippen molar-refractivity contribution in [2.45, 2.75) is 19.8 Å². The molecule has 0 bridgehead atoms. The van der Waals surface area contributed by atoms with Gasteiger partial charge in [0.2, 0.25) is 0 Å². The molecule has 2 rings (SSSR count). The van der Waals surface area contributed by atoms with E-state index in [0.717, 1.165) is 12.3 Å². The number of carbonyl (C=O) groups excluding carboxylic acids is 1. The summed E-state index contributed by atoms with van der Waals surface area (Å²) >= 11 is 0. The van der Waals surface area contributed by atoms with Gasteiger partial charge in [0.1, 0.15) is 5.78 Å². The molecule has 2 heteroatoms. The van der Waals surface area contributed by atoms with E-state index in [1.807, 2.05) is 6.92 Å². The average Bonchev–Trinajstić information content (AvgIpc) is 2.69. The number of aliphatic hydroxyl groups is 1. The van der Waals surface area contributed by atoms with Crippen molar-refractivity contribution in [3.05, 3.63) is 0 Å². The van der Waals surface area contributed by atoms with Crippen LogP contribution >= 0.6 is 0 Å². The van der Waals surface area contributed by atoms with Gasteiger partial charge in [0.15, 0.2) is 0 Å². The topological polar surface area (TPSA) is 37.3 Å². The summed E-state index contributed by atoms with van der Waals surface area (Å²) in [5.74, 6) is 1.80. The summed E-state index contributed by atoms with van der Waals surface area (Å²) in [4.78, 5) is 11.4. The molecule has 11 heavy (non-hydrogen) atoms. The van der Waals surface area contributed by atoms with Crippen molar-refractivity contribution in [3.8, 4) is 0 Å². The van der Waals surface area contributed by atoms with Crippen molar-refractivity contribution in [1.29, 1.82) is 0 Å². The molecule has 0 radical (unpaired) electrons. The Morgan fingerprint density at radius 2 is 2.27 bits per heavy atom. The van der Waals surface area contributed by atoms with Crippen molar-refractivity contribution in [3.63, 3.8) is 0 Å². The van der Waals surface area contributed by atoms with Gasteiger partial charge < -0.3 is 5.11 Å². The van der Waals surface area contributed by atoms with Gasteiger partial charge >= 0.3 is 0 Å². The van der Waals surface area contributed by atoms with E-state index in [4.69, 9.17) is 5.11 Å². The van der Waals surface area contributed by atoms with Crippen molar-refractivity contribution in [2.24, 2.45) is 23.7 Å². The van der Waals surface area contributed by atoms with Crippen molar-refractivity contribution in [1.82, 2.24) is 0 Å². The number of carbonyl (C=O) groups is 1. The maximum absolute atomic E-state index is 11.4. The Kier molecular flexibility index (Phi) is 1.53. The predicted molar refractivity (Wildman–Crippen MR) is 41.0 cm³/mol. The van der Waals surface area contributed by atoms with Crippen LogP contribution < -0.4 is 0 Å². The van der Waals surface area contributed by atoms with Crippen molar-refractivity contribution < 1.29 is 9.90 Å². The Hall–Kier alpha value is -0.370. The van der Waals surface area contributed by atoms with Crippen LogP contribution in [0.3, 0.4) is 0 Å². The molecule has 0 aromatic rings. The van der Waals surface area contributed by atoms with E-state index in [1.54, 1.807) is 0 Å². The van der Waals surface area contributed by atoms with Crippen LogP contribution in [0.15, 0.2) is 0 Å². The van der Waals surface area contributed by atoms with E-state index in [-0.39, 0.29) is 18.4 Å². The van der Waals surface area contributed by atoms with Crippen LogP contribution in [0.4, 0.5) is 0 Å². The van der Waals surface area contributed by atoms with Gasteiger partial charge in [0.05, 0.1) is 6.61 Å². The molecule has 0 aromatic carbocycles. The molecule has 0 spiro atoms. The highest BCUT2D eigenvalue weighted by atomic mass is 16.3. The second-order valence-corrected chi connectivity index (χ2v) is 3.99. The van der Waals surface area contributed by atoms with Gasteiger partial charge in [-0.25, -0.2) is 0 Å². The van der Waals surface area contributed by atoms with Crippen LogP contribution in [0.25, 0.3) is 0 Å². The Labute approximate surface area is 66.6 Å². The lowest BCUT2D eigenvalue weighted by molar-refractivity contribution is -0.130. The number of aliphatic hydroxyl groups excluding tert-OH is 1. The molecular weight excluding hydrogens is 140 g/mol. The van der Waals surface area contributed by atoms with Crippen LogP contribution in [0, 0.1) is 23.7 Å². The second-order valence-electron chi connectivity index (χ2n) is 3.99. The molecule has 0 aromatic heterocycles. The third kappa shape index (κ3) is 1.00. The molecule has 0 amide bonds. The highest BCUT2D eigenvalue weighted by molar-refractivity contribution is 5.85. The highest BCUT2D eigenvalue weighted by Gasteiger charge is 2.51. The summed E-state index contributed by atoms with van der Waals surface area (Å²) in [6, 6.07) is 0. The third-order valence-electron chi connectivity index (χ3n) is 3.20. The van der Waals surface area contributed by atoms with Gasteiger partial charge in [-0.3, -0.25) is 4.79 Å². The van der Waals surface area contributed by atoms with E-state index >= 15 is 0 Å². The zero-order valence-electron chi connectivity index (χ0n) is 6.79. The molecule has 62 valence electrons. The lowest BCUT2D eigenvalue weighted by Crippen LogP contribution is -2.31. The summed E-state index contributed by atoms with van der Waals surface area (Å²) in [5.41, 5.74) is 0. The standard InChI is InChI=1S/C9H14O2/c1-5-2-6-3-7(6)8(4-10)9(5)11/h5-8,10H,2-4H2,1H3/t5-,6+,7-,8+/m1/s1. The fourth-order valence-electron chi connectivity index (χ4n) is 2.41. The van der Waals surface area contributed by atoms with Gasteiger partial charge in [-0.05, 0) is 24.7 Å². The Morgan fingerprint density at radius 1 is 1.55 bits per heavy atom. The van der Waals surface area contributed by atoms with Gasteiger partial charge in [0.25, 0.3) is 0 Å². The lowest BCUT2D eigenvalue weighted by atomic mass is 9.81. The number of ketones is 1. The summed E-state index contributed by atoms with van der Waals surface area (Å²) < 4.78 is 0. The van der Waals surface area contributed by atoms with Gasteiger partial charge in [-0.2, -0.15) is 0 Å². The molecule has 2 saturated carbocycles. The maximum atomic E-state index is 11.4. The number of Topliss-reactive ketones (excluding diaryl/α,β-unsaturated/α-hetero) is 1. The third-order valence-corrected chi connectivity index (χ3v) is 3.20. The molecule has 0 aliphatic heterocycles. The number of rotatable bonds is 1. The minimum Gasteiger partial charge on any atom is -0.396 e. The van der Waals surface area contributed by atoms with Crippen LogP contribution in [0.1, 0.15) is 19.8 Å². The normalized spacial score (nSPS) is 48.7. The van der Waals surface area contributed by atoms with Gasteiger partial charge in [0, 0.05) is 11.8 Å². The van der Waals surface area contributed by atoms with E-state index < -0.39 is 0 Å². The molecular formula is C9H14O2. The molecule has 0 unspecified atom stereocenters. The molecule has 0 saturated heterocycles. The summed E-state index contributed by atoms with van der Waals surface area (Å²) in [7, 11) is 0. The van der Waals surface area contributed by atoms with E-state index in [2.05, 4.69) is 0 Å². The van der Waals surface area contributed by atoms with E-state index in [9.17, 15) is 4.79 Å². The first kappa shape index (κ1) is 7.29. The summed E-state index contributed by atoms with van der Waals surface area (Å²) in [5, 5.41) is 8.96. The zero-order chi connectivity index (χ0) is 8.01. The monoisotopic (exact) mass is 154 g/mol. The Morgan fingerprint density at radius 3 is 2.91 bits per heavy atom. The van der Waals surface area contributed by atoms with E-state index in [1.165, 1.54) is 6.42 Å². The molecule has 2 fully saturated rings. The summed E-state index contributed by atoms with van der Waals surface area (Å²) in [6.45, 7) is 2.06. The minimum atomic E-state index is -0.0104. The smallest absolute Gasteiger partial charge is 0.141 e. The maximum Gasteiger partial charge on any atom is 0.141 e. The average molecular weight is 154 g/mol. The molecule has 0 heterocycles. The number of hydrogen-bond donors (Lipinski definition) is 1. The number of fused-ring (bicyclic) bond motifs is 1. The summed E-state index contributed by atoms with van der Waals surface area (Å²) in [6.07, 6.45) is 2.25. The molecule has 1 N–H and O–H groups in total. The SMILES string of the molecule is C[C@@H]1C[C@H]2C[C@H]2[C@H](CO)C1=O. The van der Waals surface area contributed by atoms with Crippen LogP contribution in [-0.2, 0) is 4.79 Å². The molecule has 2 aliphatic rings. The lowest BCUT2D eigenvalue weighted by Gasteiger charge is -2.22. The zero-order valence-corrected chi connectivity index (χ0v) is 6.79. The van der Waals surface area contributed by atoms with Crippen molar-refractivity contribution >= 4 is 5.78 Å². The first-order chi connectivity index (χ1) is 5.24. The Balaban J connectivity index is 2.11. The van der Waals surface area contributed by atoms with Crippen LogP contribution in [0.2, 0.25) is 0 Å². The fourth-order valence-corrected chi connectivity index (χ4v) is 2.41. The quantitative estimate of drug-likeness (QED) is 0.607. The van der Waals surface area contributed by atoms with Crippen molar-refractivity contribution in [2.75, 3.05) is 6.61 Å². The van der Waals surface area contributed by atoms with Gasteiger partial charge in [-0.15, -0.1) is 0 Å². The molecule has 2 aliphatic carbocycles. The highest BCUT2D eigenvalue weighted by Crippen LogP contribution is 2.52.